The van der Waals surface area contributed by atoms with Crippen LogP contribution in [0.2, 0.25) is 0 Å². The fourth-order valence-electron chi connectivity index (χ4n) is 0.600. The highest BCUT2D eigenvalue weighted by molar-refractivity contribution is 4.99. The van der Waals surface area contributed by atoms with Crippen molar-refractivity contribution in [2.75, 3.05) is 0 Å². The standard InChI is InChI=1S/C6H6.C3H4N2.CH4/c1-2-4-6-5-3-1;1-2-5-3-4-1;/h1-6H;1-3H,(H,4,5);1H4. The Morgan fingerprint density at radius 1 is 0.833 bits per heavy atom. The van der Waals surface area contributed by atoms with Crippen molar-refractivity contribution in [3.05, 3.63) is 55.1 Å². The highest BCUT2D eigenvalue weighted by Crippen LogP contribution is 1.79. The van der Waals surface area contributed by atoms with E-state index in [1.807, 2.05) is 36.4 Å². The summed E-state index contributed by atoms with van der Waals surface area (Å²) in [5.74, 6) is 0. The van der Waals surface area contributed by atoms with Gasteiger partial charge in [-0.15, -0.1) is 0 Å². The summed E-state index contributed by atoms with van der Waals surface area (Å²) in [6.45, 7) is 0. The Morgan fingerprint density at radius 2 is 1.33 bits per heavy atom. The van der Waals surface area contributed by atoms with Gasteiger partial charge in [0, 0.05) is 12.4 Å². The van der Waals surface area contributed by atoms with Crippen molar-refractivity contribution in [2.24, 2.45) is 0 Å². The lowest BCUT2D eigenvalue weighted by Gasteiger charge is -1.69. The predicted octanol–water partition coefficient (Wildman–Crippen LogP) is 2.73. The summed E-state index contributed by atoms with van der Waals surface area (Å²) in [7, 11) is 0. The molecule has 0 bridgehead atoms. The average molecular weight is 162 g/mol. The second-order valence-electron chi connectivity index (χ2n) is 1.92. The molecule has 0 atom stereocenters. The van der Waals surface area contributed by atoms with Crippen LogP contribution in [0.25, 0.3) is 0 Å². The zero-order chi connectivity index (χ0) is 7.78. The van der Waals surface area contributed by atoms with E-state index in [1.54, 1.807) is 18.7 Å². The third-order valence-corrected chi connectivity index (χ3v) is 1.07. The molecule has 0 aliphatic heterocycles. The van der Waals surface area contributed by atoms with Crippen LogP contribution in [-0.4, -0.2) is 9.97 Å². The van der Waals surface area contributed by atoms with Crippen LogP contribution in [0.3, 0.4) is 0 Å². The van der Waals surface area contributed by atoms with E-state index in [0.717, 1.165) is 0 Å². The summed E-state index contributed by atoms with van der Waals surface area (Å²) in [5, 5.41) is 0. The minimum absolute atomic E-state index is 0. The largest absolute Gasteiger partial charge is 0.351 e. The molecule has 1 aromatic heterocycles. The van der Waals surface area contributed by atoms with E-state index >= 15 is 0 Å². The van der Waals surface area contributed by atoms with Crippen LogP contribution in [-0.2, 0) is 0 Å². The molecule has 2 heteroatoms. The number of aromatic amines is 1. The van der Waals surface area contributed by atoms with Crippen molar-refractivity contribution < 1.29 is 0 Å². The lowest BCUT2D eigenvalue weighted by atomic mass is 10.4. The molecule has 1 aromatic carbocycles. The summed E-state index contributed by atoms with van der Waals surface area (Å²) in [6, 6.07) is 12.0. The normalized spacial score (nSPS) is 7.33. The summed E-state index contributed by atoms with van der Waals surface area (Å²) in [6.07, 6.45) is 5.08. The minimum atomic E-state index is 0. The Morgan fingerprint density at radius 3 is 1.50 bits per heavy atom. The predicted molar refractivity (Wildman–Crippen MR) is 51.8 cm³/mol. The minimum Gasteiger partial charge on any atom is -0.351 e. The fraction of sp³-hybridized carbons (Fsp3) is 0.100. The molecule has 0 spiro atoms. The lowest BCUT2D eigenvalue weighted by Crippen LogP contribution is -1.47. The number of nitrogens with one attached hydrogen (secondary N) is 1. The quantitative estimate of drug-likeness (QED) is 0.634. The van der Waals surface area contributed by atoms with Crippen molar-refractivity contribution >= 4 is 0 Å². The SMILES string of the molecule is C.c1c[nH]cn1.c1ccccc1. The van der Waals surface area contributed by atoms with E-state index in [4.69, 9.17) is 0 Å². The highest BCUT2D eigenvalue weighted by Gasteiger charge is 1.58. The van der Waals surface area contributed by atoms with E-state index < -0.39 is 0 Å². The molecule has 2 nitrogen and oxygen atoms in total. The molecule has 0 unspecified atom stereocenters. The number of aromatic nitrogens is 2. The van der Waals surface area contributed by atoms with Gasteiger partial charge < -0.3 is 4.98 Å². The van der Waals surface area contributed by atoms with Gasteiger partial charge in [0.1, 0.15) is 0 Å². The third kappa shape index (κ3) is 5.23. The van der Waals surface area contributed by atoms with Gasteiger partial charge in [-0.25, -0.2) is 4.98 Å². The second-order valence-corrected chi connectivity index (χ2v) is 1.92. The smallest absolute Gasteiger partial charge is 0.0919 e. The number of H-pyrrole nitrogens is 1. The third-order valence-electron chi connectivity index (χ3n) is 1.07. The van der Waals surface area contributed by atoms with Gasteiger partial charge in [0.05, 0.1) is 6.33 Å². The van der Waals surface area contributed by atoms with Gasteiger partial charge in [-0.05, 0) is 0 Å². The Bertz CT molecular complexity index is 194. The Balaban J connectivity index is 0.000000189. The van der Waals surface area contributed by atoms with Crippen LogP contribution in [0.15, 0.2) is 55.1 Å². The summed E-state index contributed by atoms with van der Waals surface area (Å²) < 4.78 is 0. The molecule has 1 N–H and O–H groups in total. The van der Waals surface area contributed by atoms with Gasteiger partial charge in [0.25, 0.3) is 0 Å². The van der Waals surface area contributed by atoms with Crippen LogP contribution in [0.4, 0.5) is 0 Å². The lowest BCUT2D eigenvalue weighted by molar-refractivity contribution is 1.31. The Hall–Kier alpha value is -1.57. The maximum atomic E-state index is 3.67. The molecule has 0 aliphatic rings. The van der Waals surface area contributed by atoms with Crippen molar-refractivity contribution in [3.63, 3.8) is 0 Å². The van der Waals surface area contributed by atoms with Crippen molar-refractivity contribution in [3.8, 4) is 0 Å². The molecule has 0 fully saturated rings. The molecule has 0 radical (unpaired) electrons. The van der Waals surface area contributed by atoms with Gasteiger partial charge >= 0.3 is 0 Å². The van der Waals surface area contributed by atoms with Crippen molar-refractivity contribution in [2.45, 2.75) is 7.43 Å². The van der Waals surface area contributed by atoms with E-state index in [2.05, 4.69) is 9.97 Å². The first-order chi connectivity index (χ1) is 5.50. The summed E-state index contributed by atoms with van der Waals surface area (Å²) in [5.41, 5.74) is 0. The number of benzene rings is 1. The molecule has 12 heavy (non-hydrogen) atoms. The molecule has 64 valence electrons. The number of hydrogen-bond acceptors (Lipinski definition) is 1. The molecule has 2 rings (SSSR count). The zero-order valence-electron chi connectivity index (χ0n) is 6.14. The summed E-state index contributed by atoms with van der Waals surface area (Å²) >= 11 is 0. The molecule has 0 saturated heterocycles. The number of rotatable bonds is 0. The van der Waals surface area contributed by atoms with E-state index in [0.29, 0.717) is 0 Å². The average Bonchev–Trinajstić information content (AvgIpc) is 2.64. The Kier molecular flexibility index (Phi) is 6.55. The van der Waals surface area contributed by atoms with E-state index in [9.17, 15) is 0 Å². The fourth-order valence-corrected chi connectivity index (χ4v) is 0.600. The molecule has 2 aromatic rings. The Labute approximate surface area is 73.3 Å². The molecule has 0 aliphatic carbocycles. The molecule has 1 heterocycles. The molecule has 0 amide bonds. The monoisotopic (exact) mass is 162 g/mol. The number of nitrogens with zero attached hydrogens (tertiary/aromatic N) is 1. The van der Waals surface area contributed by atoms with Gasteiger partial charge in [-0.1, -0.05) is 43.8 Å². The van der Waals surface area contributed by atoms with Crippen LogP contribution in [0.1, 0.15) is 7.43 Å². The van der Waals surface area contributed by atoms with Crippen LogP contribution >= 0.6 is 0 Å². The number of hydrogen-bond donors (Lipinski definition) is 1. The maximum Gasteiger partial charge on any atom is 0.0919 e. The van der Waals surface area contributed by atoms with Crippen LogP contribution in [0.5, 0.6) is 0 Å². The maximum absolute atomic E-state index is 3.67. The second kappa shape index (κ2) is 7.54. The van der Waals surface area contributed by atoms with Gasteiger partial charge in [-0.2, -0.15) is 0 Å². The first-order valence-corrected chi connectivity index (χ1v) is 3.43. The molecular formula is C10H14N2. The van der Waals surface area contributed by atoms with Crippen LogP contribution in [0, 0.1) is 0 Å². The highest BCUT2D eigenvalue weighted by atomic mass is 14.8. The number of imidazole rings is 1. The van der Waals surface area contributed by atoms with Crippen LogP contribution < -0.4 is 0 Å². The molecule has 0 saturated carbocycles. The first-order valence-electron chi connectivity index (χ1n) is 3.43. The first kappa shape index (κ1) is 10.4. The topological polar surface area (TPSA) is 28.7 Å². The van der Waals surface area contributed by atoms with Gasteiger partial charge in [0.15, 0.2) is 0 Å². The summed E-state index contributed by atoms with van der Waals surface area (Å²) in [4.78, 5) is 6.42. The van der Waals surface area contributed by atoms with Crippen molar-refractivity contribution in [1.82, 2.24) is 9.97 Å². The van der Waals surface area contributed by atoms with Crippen molar-refractivity contribution in [1.29, 1.82) is 0 Å². The van der Waals surface area contributed by atoms with Gasteiger partial charge in [0.2, 0.25) is 0 Å². The van der Waals surface area contributed by atoms with Gasteiger partial charge in [-0.3, -0.25) is 0 Å². The molecular weight excluding hydrogens is 148 g/mol. The van der Waals surface area contributed by atoms with E-state index in [-0.39, 0.29) is 7.43 Å². The van der Waals surface area contributed by atoms with E-state index in [1.165, 1.54) is 0 Å². The zero-order valence-corrected chi connectivity index (χ0v) is 6.14.